The number of carboxylic acids is 1. The Bertz CT molecular complexity index is 431. The first kappa shape index (κ1) is 14.9. The second-order valence-electron chi connectivity index (χ2n) is 3.90. The Morgan fingerprint density at radius 1 is 1.44 bits per heavy atom. The third-order valence-corrected chi connectivity index (χ3v) is 3.19. The first-order chi connectivity index (χ1) is 8.17. The molecule has 0 unspecified atom stereocenters. The molecule has 1 rings (SSSR count). The Balaban J connectivity index is 2.78. The van der Waals surface area contributed by atoms with E-state index in [1.54, 1.807) is 13.8 Å². The van der Waals surface area contributed by atoms with Gasteiger partial charge in [0.1, 0.15) is 0 Å². The van der Waals surface area contributed by atoms with Crippen LogP contribution in [0.2, 0.25) is 0 Å². The van der Waals surface area contributed by atoms with E-state index >= 15 is 0 Å². The molecule has 0 atom stereocenters. The predicted molar refractivity (Wildman–Crippen MR) is 60.6 cm³/mol. The minimum atomic E-state index is -4.41. The smallest absolute Gasteiger partial charge is 0.401 e. The third-order valence-electron chi connectivity index (χ3n) is 2.13. The van der Waals surface area contributed by atoms with E-state index in [0.717, 1.165) is 9.91 Å². The maximum Gasteiger partial charge on any atom is 0.401 e. The molecule has 0 amide bonds. The van der Waals surface area contributed by atoms with E-state index in [4.69, 9.17) is 5.11 Å². The molecule has 0 aromatic carbocycles. The highest BCUT2D eigenvalue weighted by Gasteiger charge is 2.32. The fraction of sp³-hybridized carbons (Fsp3) is 0.600. The minimum absolute atomic E-state index is 0.0524. The zero-order valence-electron chi connectivity index (χ0n) is 9.91. The standard InChI is InChI=1S/C10H13F3N2O2S/c1-6-8(18-7(2)14-6)3-15(4-9(16)17)5-10(11,12)13/h3-5H2,1-2H3,(H,16,17). The number of hydrogen-bond acceptors (Lipinski definition) is 4. The van der Waals surface area contributed by atoms with Gasteiger partial charge in [-0.1, -0.05) is 0 Å². The van der Waals surface area contributed by atoms with Crippen LogP contribution in [0.25, 0.3) is 0 Å². The van der Waals surface area contributed by atoms with Crippen molar-refractivity contribution in [3.8, 4) is 0 Å². The molecule has 0 saturated carbocycles. The van der Waals surface area contributed by atoms with Crippen LogP contribution in [0.5, 0.6) is 0 Å². The summed E-state index contributed by atoms with van der Waals surface area (Å²) in [6, 6.07) is 0. The number of aliphatic carboxylic acids is 1. The number of aryl methyl sites for hydroxylation is 2. The van der Waals surface area contributed by atoms with Gasteiger partial charge in [0, 0.05) is 11.4 Å². The van der Waals surface area contributed by atoms with Gasteiger partial charge in [0.25, 0.3) is 0 Å². The fourth-order valence-electron chi connectivity index (χ4n) is 1.54. The lowest BCUT2D eigenvalue weighted by Crippen LogP contribution is -2.37. The summed E-state index contributed by atoms with van der Waals surface area (Å²) in [7, 11) is 0. The normalized spacial score (nSPS) is 12.1. The van der Waals surface area contributed by atoms with Crippen molar-refractivity contribution in [3.63, 3.8) is 0 Å². The van der Waals surface area contributed by atoms with Crippen molar-refractivity contribution in [2.24, 2.45) is 0 Å². The van der Waals surface area contributed by atoms with E-state index in [-0.39, 0.29) is 6.54 Å². The molecule has 0 bridgehead atoms. The monoisotopic (exact) mass is 282 g/mol. The van der Waals surface area contributed by atoms with Crippen LogP contribution in [-0.2, 0) is 11.3 Å². The molecule has 4 nitrogen and oxygen atoms in total. The number of alkyl halides is 3. The van der Waals surface area contributed by atoms with Gasteiger partial charge in [-0.3, -0.25) is 9.69 Å². The van der Waals surface area contributed by atoms with Crippen LogP contribution >= 0.6 is 11.3 Å². The molecule has 0 aliphatic carbocycles. The van der Waals surface area contributed by atoms with E-state index < -0.39 is 25.2 Å². The number of nitrogens with zero attached hydrogens (tertiary/aromatic N) is 2. The summed E-state index contributed by atoms with van der Waals surface area (Å²) in [5.74, 6) is -1.28. The maximum absolute atomic E-state index is 12.3. The molecule has 0 spiro atoms. The van der Waals surface area contributed by atoms with Crippen molar-refractivity contribution in [3.05, 3.63) is 15.6 Å². The van der Waals surface area contributed by atoms with Gasteiger partial charge < -0.3 is 5.11 Å². The first-order valence-corrected chi connectivity index (χ1v) is 5.93. The lowest BCUT2D eigenvalue weighted by Gasteiger charge is -2.21. The van der Waals surface area contributed by atoms with E-state index in [1.165, 1.54) is 11.3 Å². The molecular weight excluding hydrogens is 269 g/mol. The topological polar surface area (TPSA) is 53.4 Å². The largest absolute Gasteiger partial charge is 0.480 e. The zero-order chi connectivity index (χ0) is 13.9. The Kier molecular flexibility index (Phi) is 4.69. The zero-order valence-corrected chi connectivity index (χ0v) is 10.7. The van der Waals surface area contributed by atoms with E-state index in [1.807, 2.05) is 0 Å². The number of hydrogen-bond donors (Lipinski definition) is 1. The summed E-state index contributed by atoms with van der Waals surface area (Å²) >= 11 is 1.28. The van der Waals surface area contributed by atoms with Crippen LogP contribution < -0.4 is 0 Å². The van der Waals surface area contributed by atoms with Crippen molar-refractivity contribution in [2.45, 2.75) is 26.6 Å². The number of carboxylic acid groups (broad SMARTS) is 1. The van der Waals surface area contributed by atoms with Crippen LogP contribution in [0.4, 0.5) is 13.2 Å². The second kappa shape index (κ2) is 5.66. The molecule has 0 aliphatic rings. The molecule has 1 N–H and O–H groups in total. The van der Waals surface area contributed by atoms with Gasteiger partial charge >= 0.3 is 12.1 Å². The van der Waals surface area contributed by atoms with E-state index in [0.29, 0.717) is 10.6 Å². The van der Waals surface area contributed by atoms with Crippen molar-refractivity contribution in [1.82, 2.24) is 9.88 Å². The Hall–Kier alpha value is -1.15. The van der Waals surface area contributed by atoms with Gasteiger partial charge in [-0.05, 0) is 13.8 Å². The quantitative estimate of drug-likeness (QED) is 0.899. The van der Waals surface area contributed by atoms with E-state index in [2.05, 4.69) is 4.98 Å². The molecule has 0 fully saturated rings. The van der Waals surface area contributed by atoms with Gasteiger partial charge in [0.05, 0.1) is 23.8 Å². The summed E-state index contributed by atoms with van der Waals surface area (Å²) < 4.78 is 37.0. The highest BCUT2D eigenvalue weighted by Crippen LogP contribution is 2.22. The van der Waals surface area contributed by atoms with Crippen LogP contribution in [0.15, 0.2) is 0 Å². The van der Waals surface area contributed by atoms with Gasteiger partial charge in [0.15, 0.2) is 0 Å². The molecule has 0 radical (unpaired) electrons. The Morgan fingerprint density at radius 2 is 2.06 bits per heavy atom. The van der Waals surface area contributed by atoms with Crippen LogP contribution in [0, 0.1) is 13.8 Å². The average molecular weight is 282 g/mol. The predicted octanol–water partition coefficient (Wildman–Crippen LogP) is 2.21. The SMILES string of the molecule is Cc1nc(C)c(CN(CC(=O)O)CC(F)(F)F)s1. The number of halogens is 3. The van der Waals surface area contributed by atoms with Crippen molar-refractivity contribution >= 4 is 17.3 Å². The maximum atomic E-state index is 12.3. The number of thiazole rings is 1. The average Bonchev–Trinajstić information content (AvgIpc) is 2.40. The van der Waals surface area contributed by atoms with Gasteiger partial charge in [0.2, 0.25) is 0 Å². The molecule has 1 heterocycles. The molecule has 102 valence electrons. The summed E-state index contributed by atoms with van der Waals surface area (Å²) in [6.07, 6.45) is -4.41. The van der Waals surface area contributed by atoms with Crippen LogP contribution in [-0.4, -0.2) is 40.2 Å². The highest BCUT2D eigenvalue weighted by atomic mass is 32.1. The number of aromatic nitrogens is 1. The van der Waals surface area contributed by atoms with Gasteiger partial charge in [-0.2, -0.15) is 13.2 Å². The molecule has 8 heteroatoms. The fourth-order valence-corrected chi connectivity index (χ4v) is 2.52. The molecule has 0 saturated heterocycles. The van der Waals surface area contributed by atoms with Crippen molar-refractivity contribution < 1.29 is 23.1 Å². The van der Waals surface area contributed by atoms with Crippen LogP contribution in [0.1, 0.15) is 15.6 Å². The summed E-state index contributed by atoms with van der Waals surface area (Å²) in [5.41, 5.74) is 0.648. The second-order valence-corrected chi connectivity index (χ2v) is 5.18. The first-order valence-electron chi connectivity index (χ1n) is 5.11. The number of rotatable bonds is 5. The summed E-state index contributed by atoms with van der Waals surface area (Å²) in [5, 5.41) is 9.37. The molecule has 18 heavy (non-hydrogen) atoms. The summed E-state index contributed by atoms with van der Waals surface area (Å²) in [6.45, 7) is 1.52. The van der Waals surface area contributed by atoms with Crippen molar-refractivity contribution in [1.29, 1.82) is 0 Å². The van der Waals surface area contributed by atoms with E-state index in [9.17, 15) is 18.0 Å². The number of carbonyl (C=O) groups is 1. The lowest BCUT2D eigenvalue weighted by molar-refractivity contribution is -0.154. The van der Waals surface area contributed by atoms with Gasteiger partial charge in [-0.15, -0.1) is 11.3 Å². The lowest BCUT2D eigenvalue weighted by atomic mass is 10.3. The molecule has 0 aliphatic heterocycles. The van der Waals surface area contributed by atoms with Crippen molar-refractivity contribution in [2.75, 3.05) is 13.1 Å². The Morgan fingerprint density at radius 3 is 2.44 bits per heavy atom. The highest BCUT2D eigenvalue weighted by molar-refractivity contribution is 7.11. The molecule has 1 aromatic rings. The van der Waals surface area contributed by atoms with Gasteiger partial charge in [-0.25, -0.2) is 4.98 Å². The Labute approximate surface area is 106 Å². The molecule has 1 aromatic heterocycles. The minimum Gasteiger partial charge on any atom is -0.480 e. The summed E-state index contributed by atoms with van der Waals surface area (Å²) in [4.78, 5) is 16.2. The third kappa shape index (κ3) is 5.01. The van der Waals surface area contributed by atoms with Crippen LogP contribution in [0.3, 0.4) is 0 Å². The molecular formula is C10H13F3N2O2S.